The lowest BCUT2D eigenvalue weighted by Crippen LogP contribution is -2.36. The quantitative estimate of drug-likeness (QED) is 0.719. The van der Waals surface area contributed by atoms with Gasteiger partial charge in [0.25, 0.3) is 0 Å². The van der Waals surface area contributed by atoms with Crippen molar-refractivity contribution in [3.8, 4) is 0 Å². The fourth-order valence-corrected chi connectivity index (χ4v) is 3.80. The first-order valence-corrected chi connectivity index (χ1v) is 8.06. The maximum atomic E-state index is 11.3. The predicted octanol–water partition coefficient (Wildman–Crippen LogP) is 0.409. The van der Waals surface area contributed by atoms with E-state index in [9.17, 15) is 8.42 Å². The van der Waals surface area contributed by atoms with Crippen molar-refractivity contribution in [3.05, 3.63) is 0 Å². The van der Waals surface area contributed by atoms with Crippen LogP contribution in [0.25, 0.3) is 0 Å². The zero-order valence-electron chi connectivity index (χ0n) is 9.32. The van der Waals surface area contributed by atoms with Crippen LogP contribution in [0.15, 0.2) is 0 Å². The van der Waals surface area contributed by atoms with Crippen LogP contribution in [0.2, 0.25) is 0 Å². The van der Waals surface area contributed by atoms with Crippen molar-refractivity contribution in [2.24, 2.45) is 0 Å². The van der Waals surface area contributed by atoms with Crippen molar-refractivity contribution < 1.29 is 8.42 Å². The van der Waals surface area contributed by atoms with Gasteiger partial charge < -0.3 is 5.32 Å². The highest BCUT2D eigenvalue weighted by molar-refractivity contribution is 8.00. The molecule has 2 N–H and O–H groups in total. The minimum absolute atomic E-state index is 0.177. The molecular formula is C9H20N2O2S2. The summed E-state index contributed by atoms with van der Waals surface area (Å²) in [5.41, 5.74) is 0. The van der Waals surface area contributed by atoms with E-state index in [-0.39, 0.29) is 5.75 Å². The third-order valence-electron chi connectivity index (χ3n) is 2.37. The molecule has 1 fully saturated rings. The van der Waals surface area contributed by atoms with Gasteiger partial charge in [0.15, 0.2) is 0 Å². The minimum atomic E-state index is -3.06. The highest BCUT2D eigenvalue weighted by Crippen LogP contribution is 2.25. The Hall–Kier alpha value is 0.220. The molecule has 90 valence electrons. The first kappa shape index (κ1) is 13.3. The Morgan fingerprint density at radius 2 is 2.20 bits per heavy atom. The summed E-state index contributed by atoms with van der Waals surface area (Å²) < 4.78 is 25.1. The largest absolute Gasteiger partial charge is 0.312 e. The first-order chi connectivity index (χ1) is 7.03. The van der Waals surface area contributed by atoms with E-state index in [1.165, 1.54) is 0 Å². The molecule has 1 heterocycles. The third-order valence-corrected chi connectivity index (χ3v) is 5.19. The monoisotopic (exact) mass is 252 g/mol. The van der Waals surface area contributed by atoms with E-state index < -0.39 is 10.0 Å². The molecule has 2 atom stereocenters. The smallest absolute Gasteiger partial charge is 0.212 e. The average molecular weight is 252 g/mol. The van der Waals surface area contributed by atoms with Gasteiger partial charge in [0.1, 0.15) is 0 Å². The van der Waals surface area contributed by atoms with Crippen LogP contribution in [0.4, 0.5) is 0 Å². The number of nitrogens with one attached hydrogen (secondary N) is 2. The Morgan fingerprint density at radius 1 is 1.47 bits per heavy atom. The number of hydrogen-bond acceptors (Lipinski definition) is 4. The van der Waals surface area contributed by atoms with E-state index in [0.29, 0.717) is 24.4 Å². The van der Waals surface area contributed by atoms with Gasteiger partial charge in [-0.1, -0.05) is 13.8 Å². The van der Waals surface area contributed by atoms with Crippen LogP contribution >= 0.6 is 11.8 Å². The van der Waals surface area contributed by atoms with Crippen LogP contribution in [0.3, 0.4) is 0 Å². The summed E-state index contributed by atoms with van der Waals surface area (Å²) >= 11 is 1.95. The summed E-state index contributed by atoms with van der Waals surface area (Å²) in [6.45, 7) is 5.02. The van der Waals surface area contributed by atoms with E-state index in [1.54, 1.807) is 6.92 Å². The van der Waals surface area contributed by atoms with Crippen molar-refractivity contribution in [3.63, 3.8) is 0 Å². The van der Waals surface area contributed by atoms with Gasteiger partial charge in [0.05, 0.1) is 5.75 Å². The number of thioether (sulfide) groups is 1. The van der Waals surface area contributed by atoms with E-state index in [1.807, 2.05) is 11.8 Å². The lowest BCUT2D eigenvalue weighted by Gasteiger charge is -2.11. The molecule has 0 amide bonds. The van der Waals surface area contributed by atoms with Gasteiger partial charge in [-0.2, -0.15) is 11.8 Å². The van der Waals surface area contributed by atoms with Crippen molar-refractivity contribution >= 4 is 21.8 Å². The van der Waals surface area contributed by atoms with Crippen LogP contribution in [0.5, 0.6) is 0 Å². The zero-order chi connectivity index (χ0) is 11.3. The van der Waals surface area contributed by atoms with Gasteiger partial charge in [-0.25, -0.2) is 13.1 Å². The predicted molar refractivity (Wildman–Crippen MR) is 65.8 cm³/mol. The Balaban J connectivity index is 2.16. The highest BCUT2D eigenvalue weighted by atomic mass is 32.2. The third kappa shape index (κ3) is 5.19. The Kier molecular flexibility index (Phi) is 5.38. The molecular weight excluding hydrogens is 232 g/mol. The minimum Gasteiger partial charge on any atom is -0.312 e. The normalized spacial score (nSPS) is 27.1. The average Bonchev–Trinajstić information content (AvgIpc) is 2.51. The fraction of sp³-hybridized carbons (Fsp3) is 1.00. The molecule has 0 aromatic carbocycles. The van der Waals surface area contributed by atoms with Crippen molar-refractivity contribution in [1.29, 1.82) is 0 Å². The van der Waals surface area contributed by atoms with Crippen LogP contribution < -0.4 is 10.0 Å². The molecule has 15 heavy (non-hydrogen) atoms. The summed E-state index contributed by atoms with van der Waals surface area (Å²) in [6, 6.07) is 0.488. The molecule has 4 nitrogen and oxygen atoms in total. The summed E-state index contributed by atoms with van der Waals surface area (Å²) in [6.07, 6.45) is 1.14. The SMILES string of the molecule is CCNS(=O)(=O)CCNC1CSC(C)C1. The van der Waals surface area contributed by atoms with E-state index in [4.69, 9.17) is 0 Å². The Bertz CT molecular complexity index is 280. The molecule has 0 aliphatic carbocycles. The molecule has 0 aromatic rings. The van der Waals surface area contributed by atoms with Crippen LogP contribution in [0.1, 0.15) is 20.3 Å². The maximum absolute atomic E-state index is 11.3. The topological polar surface area (TPSA) is 58.2 Å². The molecule has 0 radical (unpaired) electrons. The van der Waals surface area contributed by atoms with Crippen molar-refractivity contribution in [1.82, 2.24) is 10.0 Å². The number of rotatable bonds is 6. The molecule has 0 bridgehead atoms. The second kappa shape index (κ2) is 6.08. The Labute approximate surface area is 96.6 Å². The van der Waals surface area contributed by atoms with E-state index in [2.05, 4.69) is 17.0 Å². The first-order valence-electron chi connectivity index (χ1n) is 5.36. The molecule has 6 heteroatoms. The highest BCUT2D eigenvalue weighted by Gasteiger charge is 2.21. The lowest BCUT2D eigenvalue weighted by atomic mass is 10.2. The molecule has 0 aromatic heterocycles. The van der Waals surface area contributed by atoms with Gasteiger partial charge in [-0.3, -0.25) is 0 Å². The second-order valence-corrected chi connectivity index (χ2v) is 7.25. The van der Waals surface area contributed by atoms with E-state index in [0.717, 1.165) is 12.2 Å². The summed E-state index contributed by atoms with van der Waals surface area (Å²) in [5, 5.41) is 3.99. The summed E-state index contributed by atoms with van der Waals surface area (Å²) in [5.74, 6) is 1.28. The van der Waals surface area contributed by atoms with Gasteiger partial charge in [-0.15, -0.1) is 0 Å². The fourth-order valence-electron chi connectivity index (χ4n) is 1.65. The van der Waals surface area contributed by atoms with Crippen LogP contribution in [-0.2, 0) is 10.0 Å². The van der Waals surface area contributed by atoms with Crippen LogP contribution in [0, 0.1) is 0 Å². The molecule has 0 saturated carbocycles. The number of sulfonamides is 1. The Morgan fingerprint density at radius 3 is 2.73 bits per heavy atom. The molecule has 1 aliphatic heterocycles. The molecule has 1 aliphatic rings. The summed E-state index contributed by atoms with van der Waals surface area (Å²) in [4.78, 5) is 0. The van der Waals surface area contributed by atoms with Gasteiger partial charge >= 0.3 is 0 Å². The van der Waals surface area contributed by atoms with Crippen LogP contribution in [-0.4, -0.2) is 44.3 Å². The van der Waals surface area contributed by atoms with Crippen molar-refractivity contribution in [2.75, 3.05) is 24.6 Å². The lowest BCUT2D eigenvalue weighted by molar-refractivity contribution is 0.544. The molecule has 2 unspecified atom stereocenters. The summed E-state index contributed by atoms with van der Waals surface area (Å²) in [7, 11) is -3.06. The standard InChI is InChI=1S/C9H20N2O2S2/c1-3-11-15(12,13)5-4-10-9-6-8(2)14-7-9/h8-11H,3-7H2,1-2H3. The second-order valence-electron chi connectivity index (χ2n) is 3.85. The van der Waals surface area contributed by atoms with Gasteiger partial charge in [0, 0.05) is 30.1 Å². The zero-order valence-corrected chi connectivity index (χ0v) is 11.0. The molecule has 1 rings (SSSR count). The van der Waals surface area contributed by atoms with E-state index >= 15 is 0 Å². The van der Waals surface area contributed by atoms with Gasteiger partial charge in [0.2, 0.25) is 10.0 Å². The van der Waals surface area contributed by atoms with Crippen molar-refractivity contribution in [2.45, 2.75) is 31.6 Å². The number of hydrogen-bond donors (Lipinski definition) is 2. The molecule has 0 spiro atoms. The maximum Gasteiger partial charge on any atom is 0.212 e. The van der Waals surface area contributed by atoms with Gasteiger partial charge in [-0.05, 0) is 6.42 Å². The molecule has 1 saturated heterocycles.